The Kier molecular flexibility index (Phi) is 5.80. The Hall–Kier alpha value is -3.16. The van der Waals surface area contributed by atoms with Gasteiger partial charge in [-0.05, 0) is 48.0 Å². The molecule has 4 aromatic rings. The van der Waals surface area contributed by atoms with Crippen LogP contribution in [0.1, 0.15) is 18.3 Å². The fourth-order valence-corrected chi connectivity index (χ4v) is 4.88. The van der Waals surface area contributed by atoms with Crippen molar-refractivity contribution in [2.24, 2.45) is 0 Å². The van der Waals surface area contributed by atoms with Gasteiger partial charge in [0.1, 0.15) is 11.6 Å². The van der Waals surface area contributed by atoms with Crippen molar-refractivity contribution in [3.8, 4) is 0 Å². The van der Waals surface area contributed by atoms with Gasteiger partial charge in [-0.3, -0.25) is 4.79 Å². The van der Waals surface area contributed by atoms with E-state index in [1.54, 1.807) is 12.1 Å². The first-order chi connectivity index (χ1) is 14.8. The molecular weight excluding hydrogens is 434 g/mol. The number of nitrogens with zero attached hydrogens (tertiary/aromatic N) is 2. The minimum Gasteiger partial charge on any atom is -0.326 e. The highest BCUT2D eigenvalue weighted by Crippen LogP contribution is 2.25. The Bertz CT molecular complexity index is 1360. The first kappa shape index (κ1) is 21.1. The minimum atomic E-state index is -3.66. The summed E-state index contributed by atoms with van der Waals surface area (Å²) < 4.78 is 28.1. The fourth-order valence-electron chi connectivity index (χ4n) is 3.41. The summed E-state index contributed by atoms with van der Waals surface area (Å²) in [5, 5.41) is 3.24. The molecule has 1 aromatic heterocycles. The molecule has 0 aliphatic rings. The summed E-state index contributed by atoms with van der Waals surface area (Å²) in [5.74, 6) is -0.0398. The van der Waals surface area contributed by atoms with Crippen molar-refractivity contribution in [3.05, 3.63) is 89.2 Å². The molecule has 4 rings (SSSR count). The number of para-hydroxylation sites is 2. The van der Waals surface area contributed by atoms with Crippen LogP contribution in [0, 0.1) is 0 Å². The lowest BCUT2D eigenvalue weighted by Gasteiger charge is -2.12. The lowest BCUT2D eigenvalue weighted by Crippen LogP contribution is -2.12. The van der Waals surface area contributed by atoms with Gasteiger partial charge in [-0.2, -0.15) is 0 Å². The second-order valence-electron chi connectivity index (χ2n) is 7.16. The van der Waals surface area contributed by atoms with Crippen LogP contribution in [0.25, 0.3) is 11.0 Å². The Morgan fingerprint density at radius 2 is 1.68 bits per heavy atom. The lowest BCUT2D eigenvalue weighted by atomic mass is 10.2. The zero-order valence-electron chi connectivity index (χ0n) is 16.7. The van der Waals surface area contributed by atoms with E-state index in [0.717, 1.165) is 16.6 Å². The summed E-state index contributed by atoms with van der Waals surface area (Å²) in [6.07, 6.45) is 0. The highest BCUT2D eigenvalue weighted by Gasteiger charge is 2.21. The summed E-state index contributed by atoms with van der Waals surface area (Å²) in [4.78, 5) is 15.9. The van der Waals surface area contributed by atoms with E-state index in [2.05, 4.69) is 10.3 Å². The second-order valence-corrected chi connectivity index (χ2v) is 9.56. The summed E-state index contributed by atoms with van der Waals surface area (Å²) in [6.45, 7) is 1.81. The molecule has 3 aromatic carbocycles. The van der Waals surface area contributed by atoms with Gasteiger partial charge in [0.2, 0.25) is 5.91 Å². The number of amides is 1. The number of halogens is 1. The van der Waals surface area contributed by atoms with Gasteiger partial charge in [0.25, 0.3) is 0 Å². The maximum absolute atomic E-state index is 13.1. The van der Waals surface area contributed by atoms with E-state index < -0.39 is 9.84 Å². The monoisotopic (exact) mass is 453 g/mol. The van der Waals surface area contributed by atoms with Crippen molar-refractivity contribution in [1.82, 2.24) is 9.55 Å². The normalized spacial score (nSPS) is 11.5. The molecule has 0 radical (unpaired) electrons. The van der Waals surface area contributed by atoms with Gasteiger partial charge in [-0.1, -0.05) is 41.9 Å². The molecule has 6 nitrogen and oxygen atoms in total. The van der Waals surface area contributed by atoms with E-state index in [-0.39, 0.29) is 16.6 Å². The van der Waals surface area contributed by atoms with Gasteiger partial charge >= 0.3 is 0 Å². The molecule has 31 heavy (non-hydrogen) atoms. The average molecular weight is 454 g/mol. The van der Waals surface area contributed by atoms with Crippen LogP contribution in [-0.4, -0.2) is 23.9 Å². The highest BCUT2D eigenvalue weighted by atomic mass is 35.5. The summed E-state index contributed by atoms with van der Waals surface area (Å²) in [7, 11) is -3.66. The van der Waals surface area contributed by atoms with E-state index in [9.17, 15) is 13.2 Å². The topological polar surface area (TPSA) is 81.1 Å². The third kappa shape index (κ3) is 4.62. The molecule has 0 saturated carbocycles. The molecule has 0 unspecified atom stereocenters. The van der Waals surface area contributed by atoms with Crippen molar-refractivity contribution < 1.29 is 13.2 Å². The number of imidazole rings is 1. The quantitative estimate of drug-likeness (QED) is 0.460. The number of fused-ring (bicyclic) bond motifs is 1. The van der Waals surface area contributed by atoms with Crippen LogP contribution in [0.4, 0.5) is 5.69 Å². The van der Waals surface area contributed by atoms with Crippen molar-refractivity contribution in [2.45, 2.75) is 24.1 Å². The number of aromatic nitrogens is 2. The number of sulfone groups is 1. The van der Waals surface area contributed by atoms with Gasteiger partial charge in [-0.15, -0.1) is 0 Å². The Balaban J connectivity index is 1.70. The number of carbonyl (C=O) groups excluding carboxylic acids is 1. The van der Waals surface area contributed by atoms with Crippen LogP contribution in [0.5, 0.6) is 0 Å². The molecule has 158 valence electrons. The summed E-state index contributed by atoms with van der Waals surface area (Å²) in [6, 6.07) is 21.1. The van der Waals surface area contributed by atoms with Gasteiger partial charge < -0.3 is 9.88 Å². The molecule has 1 amide bonds. The van der Waals surface area contributed by atoms with Gasteiger partial charge in [0.05, 0.1) is 22.5 Å². The molecule has 0 bridgehead atoms. The van der Waals surface area contributed by atoms with E-state index in [4.69, 9.17) is 11.6 Å². The van der Waals surface area contributed by atoms with Crippen LogP contribution in [0.3, 0.4) is 0 Å². The third-order valence-electron chi connectivity index (χ3n) is 4.87. The maximum atomic E-state index is 13.1. The third-order valence-corrected chi connectivity index (χ3v) is 6.87. The van der Waals surface area contributed by atoms with E-state index >= 15 is 0 Å². The number of benzene rings is 3. The zero-order chi connectivity index (χ0) is 22.0. The average Bonchev–Trinajstić information content (AvgIpc) is 3.06. The van der Waals surface area contributed by atoms with Crippen molar-refractivity contribution in [1.29, 1.82) is 0 Å². The number of carbonyl (C=O) groups is 1. The number of nitrogens with one attached hydrogen (secondary N) is 1. The van der Waals surface area contributed by atoms with Crippen LogP contribution in [0.2, 0.25) is 5.02 Å². The molecule has 0 spiro atoms. The van der Waals surface area contributed by atoms with Crippen molar-refractivity contribution in [2.75, 3.05) is 5.32 Å². The largest absolute Gasteiger partial charge is 0.326 e. The SMILES string of the molecule is CC(=O)Nc1ccc(S(=O)(=O)Cc2nc3ccccc3n2Cc2ccccc2Cl)cc1. The molecular formula is C23H20ClN3O3S. The molecule has 1 heterocycles. The predicted molar refractivity (Wildman–Crippen MR) is 122 cm³/mol. The van der Waals surface area contributed by atoms with Gasteiger partial charge in [-0.25, -0.2) is 13.4 Å². The van der Waals surface area contributed by atoms with Crippen molar-refractivity contribution >= 4 is 44.1 Å². The lowest BCUT2D eigenvalue weighted by molar-refractivity contribution is -0.114. The Labute approximate surface area is 185 Å². The zero-order valence-corrected chi connectivity index (χ0v) is 18.3. The molecule has 0 aliphatic carbocycles. The van der Waals surface area contributed by atoms with Gasteiger partial charge in [0, 0.05) is 17.6 Å². The van der Waals surface area contributed by atoms with Crippen molar-refractivity contribution in [3.63, 3.8) is 0 Å². The smallest absolute Gasteiger partial charge is 0.221 e. The second kappa shape index (κ2) is 8.53. The van der Waals surface area contributed by atoms with Crippen LogP contribution >= 0.6 is 11.6 Å². The molecule has 8 heteroatoms. The van der Waals surface area contributed by atoms with Gasteiger partial charge in [0.15, 0.2) is 9.84 Å². The van der Waals surface area contributed by atoms with E-state index in [0.29, 0.717) is 23.1 Å². The Morgan fingerprint density at radius 1 is 1.00 bits per heavy atom. The van der Waals surface area contributed by atoms with Crippen LogP contribution in [-0.2, 0) is 26.9 Å². The van der Waals surface area contributed by atoms with E-state index in [1.807, 2.05) is 53.1 Å². The molecule has 1 N–H and O–H groups in total. The minimum absolute atomic E-state index is 0.165. The number of rotatable bonds is 6. The predicted octanol–water partition coefficient (Wildman–Crippen LogP) is 4.67. The van der Waals surface area contributed by atoms with Crippen LogP contribution in [0.15, 0.2) is 77.7 Å². The molecule has 0 atom stereocenters. The number of hydrogen-bond donors (Lipinski definition) is 1. The first-order valence-electron chi connectivity index (χ1n) is 9.61. The first-order valence-corrected chi connectivity index (χ1v) is 11.6. The van der Waals surface area contributed by atoms with E-state index in [1.165, 1.54) is 19.1 Å². The fraction of sp³-hybridized carbons (Fsp3) is 0.130. The highest BCUT2D eigenvalue weighted by molar-refractivity contribution is 7.90. The maximum Gasteiger partial charge on any atom is 0.221 e. The molecule has 0 fully saturated rings. The summed E-state index contributed by atoms with van der Waals surface area (Å²) >= 11 is 6.34. The molecule has 0 aliphatic heterocycles. The standard InChI is InChI=1S/C23H20ClN3O3S/c1-16(28)25-18-10-12-19(13-11-18)31(29,30)15-23-26-21-8-4-5-9-22(21)27(23)14-17-6-2-3-7-20(17)24/h2-13H,14-15H2,1H3,(H,25,28). The van der Waals surface area contributed by atoms with Crippen LogP contribution < -0.4 is 5.32 Å². The Morgan fingerprint density at radius 3 is 2.39 bits per heavy atom. The number of hydrogen-bond acceptors (Lipinski definition) is 4. The molecule has 0 saturated heterocycles. The summed E-state index contributed by atoms with van der Waals surface area (Å²) in [5.41, 5.74) is 2.98. The number of anilines is 1.